The summed E-state index contributed by atoms with van der Waals surface area (Å²) in [7, 11) is 3.06. The number of carbonyl (C=O) groups is 1. The number of ether oxygens (including phenoxy) is 3. The summed E-state index contributed by atoms with van der Waals surface area (Å²) >= 11 is 0. The lowest BCUT2D eigenvalue weighted by Crippen LogP contribution is -2.28. The Balaban J connectivity index is 1.84. The third-order valence-electron chi connectivity index (χ3n) is 3.44. The van der Waals surface area contributed by atoms with E-state index in [0.717, 1.165) is 5.56 Å². The van der Waals surface area contributed by atoms with Crippen LogP contribution in [0.15, 0.2) is 48.5 Å². The SMILES string of the molecule is COc1ccc(C(O)CNC(=O)OCc2ccccc2)cc1OC. The first-order valence-corrected chi connectivity index (χ1v) is 7.48. The highest BCUT2D eigenvalue weighted by molar-refractivity contribution is 5.67. The van der Waals surface area contributed by atoms with Crippen molar-refractivity contribution in [2.45, 2.75) is 12.7 Å². The zero-order valence-corrected chi connectivity index (χ0v) is 13.7. The first kappa shape index (κ1) is 17.6. The summed E-state index contributed by atoms with van der Waals surface area (Å²) in [4.78, 5) is 11.7. The number of rotatable bonds is 7. The van der Waals surface area contributed by atoms with Crippen LogP contribution in [0.3, 0.4) is 0 Å². The number of methoxy groups -OCH3 is 2. The van der Waals surface area contributed by atoms with E-state index in [0.29, 0.717) is 17.1 Å². The lowest BCUT2D eigenvalue weighted by molar-refractivity contribution is 0.126. The van der Waals surface area contributed by atoms with Crippen LogP contribution in [0.4, 0.5) is 4.79 Å². The predicted octanol–water partition coefficient (Wildman–Crippen LogP) is 2.66. The number of carbonyl (C=O) groups excluding carboxylic acids is 1. The van der Waals surface area contributed by atoms with Crippen LogP contribution in [0.5, 0.6) is 11.5 Å². The molecule has 0 bridgehead atoms. The molecule has 0 aliphatic heterocycles. The molecule has 128 valence electrons. The summed E-state index contributed by atoms with van der Waals surface area (Å²) in [6.45, 7) is 0.211. The van der Waals surface area contributed by atoms with Gasteiger partial charge in [0.25, 0.3) is 0 Å². The van der Waals surface area contributed by atoms with Gasteiger partial charge in [0.1, 0.15) is 6.61 Å². The van der Waals surface area contributed by atoms with E-state index >= 15 is 0 Å². The van der Waals surface area contributed by atoms with Gasteiger partial charge in [0.05, 0.1) is 26.9 Å². The van der Waals surface area contributed by atoms with Gasteiger partial charge in [-0.2, -0.15) is 0 Å². The Kier molecular flexibility index (Phi) is 6.45. The molecular formula is C18H21NO5. The third kappa shape index (κ3) is 4.89. The fourth-order valence-corrected chi connectivity index (χ4v) is 2.13. The van der Waals surface area contributed by atoms with Crippen LogP contribution in [0, 0.1) is 0 Å². The summed E-state index contributed by atoms with van der Waals surface area (Å²) in [5, 5.41) is 12.7. The second-order valence-corrected chi connectivity index (χ2v) is 5.07. The fraction of sp³-hybridized carbons (Fsp3) is 0.278. The van der Waals surface area contributed by atoms with Gasteiger partial charge in [0.2, 0.25) is 0 Å². The molecule has 0 saturated heterocycles. The fourth-order valence-electron chi connectivity index (χ4n) is 2.13. The Bertz CT molecular complexity index is 660. The summed E-state index contributed by atoms with van der Waals surface area (Å²) in [5.74, 6) is 1.09. The maximum Gasteiger partial charge on any atom is 0.407 e. The molecule has 0 spiro atoms. The van der Waals surface area contributed by atoms with E-state index in [2.05, 4.69) is 5.32 Å². The highest BCUT2D eigenvalue weighted by Gasteiger charge is 2.13. The number of alkyl carbamates (subject to hydrolysis) is 1. The average molecular weight is 331 g/mol. The Morgan fingerprint density at radius 2 is 1.79 bits per heavy atom. The molecule has 2 rings (SSSR count). The van der Waals surface area contributed by atoms with Crippen molar-refractivity contribution in [1.29, 1.82) is 0 Å². The molecule has 24 heavy (non-hydrogen) atoms. The summed E-state index contributed by atoms with van der Waals surface area (Å²) < 4.78 is 15.4. The van der Waals surface area contributed by atoms with Gasteiger partial charge in [-0.3, -0.25) is 0 Å². The molecule has 2 N–H and O–H groups in total. The molecule has 0 fully saturated rings. The molecule has 6 heteroatoms. The Hall–Kier alpha value is -2.73. The largest absolute Gasteiger partial charge is 0.493 e. The first-order chi connectivity index (χ1) is 11.6. The van der Waals surface area contributed by atoms with Gasteiger partial charge in [0, 0.05) is 0 Å². The summed E-state index contributed by atoms with van der Waals surface area (Å²) in [6, 6.07) is 14.4. The van der Waals surface area contributed by atoms with E-state index in [9.17, 15) is 9.90 Å². The minimum atomic E-state index is -0.880. The van der Waals surface area contributed by atoms with Crippen molar-refractivity contribution >= 4 is 6.09 Å². The minimum Gasteiger partial charge on any atom is -0.493 e. The Morgan fingerprint density at radius 1 is 1.08 bits per heavy atom. The highest BCUT2D eigenvalue weighted by Crippen LogP contribution is 2.29. The molecule has 0 heterocycles. The maximum absolute atomic E-state index is 11.7. The van der Waals surface area contributed by atoms with E-state index in [1.165, 1.54) is 14.2 Å². The van der Waals surface area contributed by atoms with Crippen molar-refractivity contribution in [3.05, 3.63) is 59.7 Å². The monoisotopic (exact) mass is 331 g/mol. The molecule has 2 aromatic carbocycles. The minimum absolute atomic E-state index is 0.0309. The third-order valence-corrected chi connectivity index (χ3v) is 3.44. The van der Waals surface area contributed by atoms with E-state index in [1.54, 1.807) is 18.2 Å². The van der Waals surface area contributed by atoms with E-state index in [-0.39, 0.29) is 13.2 Å². The molecule has 1 atom stereocenters. The first-order valence-electron chi connectivity index (χ1n) is 7.48. The number of hydrogen-bond acceptors (Lipinski definition) is 5. The van der Waals surface area contributed by atoms with Gasteiger partial charge in [-0.05, 0) is 23.3 Å². The van der Waals surface area contributed by atoms with Gasteiger partial charge >= 0.3 is 6.09 Å². The Labute approximate surface area is 141 Å². The Morgan fingerprint density at radius 3 is 2.46 bits per heavy atom. The van der Waals surface area contributed by atoms with Crippen molar-refractivity contribution in [2.75, 3.05) is 20.8 Å². The second kappa shape index (κ2) is 8.79. The topological polar surface area (TPSA) is 77.0 Å². The normalized spacial score (nSPS) is 11.5. The van der Waals surface area contributed by atoms with Crippen LogP contribution in [-0.2, 0) is 11.3 Å². The van der Waals surface area contributed by atoms with Gasteiger partial charge in [-0.25, -0.2) is 4.79 Å². The molecule has 0 aliphatic rings. The molecule has 2 aromatic rings. The lowest BCUT2D eigenvalue weighted by Gasteiger charge is -2.15. The molecule has 1 amide bonds. The molecule has 0 saturated carbocycles. The molecule has 0 aromatic heterocycles. The van der Waals surface area contributed by atoms with Crippen molar-refractivity contribution < 1.29 is 24.1 Å². The van der Waals surface area contributed by atoms with Crippen LogP contribution in [0.1, 0.15) is 17.2 Å². The number of aliphatic hydroxyl groups excluding tert-OH is 1. The van der Waals surface area contributed by atoms with E-state index in [4.69, 9.17) is 14.2 Å². The van der Waals surface area contributed by atoms with E-state index in [1.807, 2.05) is 30.3 Å². The van der Waals surface area contributed by atoms with Gasteiger partial charge in [0.15, 0.2) is 11.5 Å². The van der Waals surface area contributed by atoms with Gasteiger partial charge in [-0.1, -0.05) is 36.4 Å². The quantitative estimate of drug-likeness (QED) is 0.816. The number of aliphatic hydroxyl groups is 1. The van der Waals surface area contributed by atoms with Crippen molar-refractivity contribution in [2.24, 2.45) is 0 Å². The molecule has 1 unspecified atom stereocenters. The second-order valence-electron chi connectivity index (χ2n) is 5.07. The van der Waals surface area contributed by atoms with Crippen LogP contribution >= 0.6 is 0 Å². The van der Waals surface area contributed by atoms with Crippen LogP contribution in [0.2, 0.25) is 0 Å². The van der Waals surface area contributed by atoms with Crippen LogP contribution < -0.4 is 14.8 Å². The predicted molar refractivity (Wildman–Crippen MR) is 89.1 cm³/mol. The molecule has 0 aliphatic carbocycles. The molecule has 0 radical (unpaired) electrons. The standard InChI is InChI=1S/C18H21NO5/c1-22-16-9-8-14(10-17(16)23-2)15(20)11-19-18(21)24-12-13-6-4-3-5-7-13/h3-10,15,20H,11-12H2,1-2H3,(H,19,21). The van der Waals surface area contributed by atoms with Crippen molar-refractivity contribution in [3.8, 4) is 11.5 Å². The zero-order chi connectivity index (χ0) is 17.4. The number of nitrogens with one attached hydrogen (secondary N) is 1. The molecular weight excluding hydrogens is 310 g/mol. The van der Waals surface area contributed by atoms with E-state index < -0.39 is 12.2 Å². The van der Waals surface area contributed by atoms with Gasteiger partial charge in [-0.15, -0.1) is 0 Å². The lowest BCUT2D eigenvalue weighted by atomic mass is 10.1. The van der Waals surface area contributed by atoms with Crippen molar-refractivity contribution in [1.82, 2.24) is 5.32 Å². The smallest absolute Gasteiger partial charge is 0.407 e. The van der Waals surface area contributed by atoms with Gasteiger partial charge < -0.3 is 24.6 Å². The van der Waals surface area contributed by atoms with Crippen LogP contribution in [-0.4, -0.2) is 32.0 Å². The number of benzene rings is 2. The summed E-state index contributed by atoms with van der Waals surface area (Å²) in [6.07, 6.45) is -1.47. The van der Waals surface area contributed by atoms with Crippen molar-refractivity contribution in [3.63, 3.8) is 0 Å². The zero-order valence-electron chi connectivity index (χ0n) is 13.7. The maximum atomic E-state index is 11.7. The summed E-state index contributed by atoms with van der Waals surface area (Å²) in [5.41, 5.74) is 1.50. The highest BCUT2D eigenvalue weighted by atomic mass is 16.5. The number of amides is 1. The molecule has 6 nitrogen and oxygen atoms in total. The average Bonchev–Trinajstić information content (AvgIpc) is 2.64. The number of hydrogen-bond donors (Lipinski definition) is 2. The van der Waals surface area contributed by atoms with Crippen LogP contribution in [0.25, 0.3) is 0 Å².